The molecule has 1 heterocycles. The molecule has 3 aromatic rings. The minimum absolute atomic E-state index is 0.343. The van der Waals surface area contributed by atoms with Gasteiger partial charge in [-0.25, -0.2) is 4.98 Å². The van der Waals surface area contributed by atoms with Crippen LogP contribution in [0.15, 0.2) is 24.3 Å². The molecule has 3 N–H and O–H groups in total. The van der Waals surface area contributed by atoms with Crippen LogP contribution in [0, 0.1) is 11.8 Å². The molecule has 8 nitrogen and oxygen atoms in total. The number of anilines is 2. The molecule has 33 heavy (non-hydrogen) atoms. The van der Waals surface area contributed by atoms with Crippen molar-refractivity contribution in [3.63, 3.8) is 0 Å². The first-order valence-corrected chi connectivity index (χ1v) is 11.1. The molecule has 0 saturated heterocycles. The molecule has 0 aliphatic rings. The third kappa shape index (κ3) is 4.99. The Morgan fingerprint density at radius 3 is 2.15 bits per heavy atom. The molecule has 0 fully saturated rings. The number of ether oxygens (including phenoxy) is 3. The molecule has 1 amide bonds. The zero-order valence-electron chi connectivity index (χ0n) is 20.5. The van der Waals surface area contributed by atoms with E-state index in [-0.39, 0.29) is 0 Å². The first-order valence-electron chi connectivity index (χ1n) is 11.1. The molecule has 2 aromatic carbocycles. The summed E-state index contributed by atoms with van der Waals surface area (Å²) in [6.07, 6.45) is 0.706. The van der Waals surface area contributed by atoms with Crippen LogP contribution in [0.2, 0.25) is 0 Å². The number of nitrogens with two attached hydrogens (primary N) is 1. The van der Waals surface area contributed by atoms with Crippen molar-refractivity contribution in [3.8, 4) is 17.2 Å². The van der Waals surface area contributed by atoms with Gasteiger partial charge in [-0.1, -0.05) is 27.7 Å². The molecular formula is C25H34N4O4. The van der Waals surface area contributed by atoms with Crippen molar-refractivity contribution in [2.24, 2.45) is 17.6 Å². The maximum Gasteiger partial charge on any atom is 0.249 e. The number of amides is 1. The molecule has 0 aliphatic carbocycles. The number of methoxy groups -OCH3 is 3. The molecule has 1 aromatic heterocycles. The SMILES string of the molecule is COc1cc(Nc2nc3c(CC(C)C)c(C(N)=O)ccc3n2CC(C)C)cc(OC)c1OC. The highest BCUT2D eigenvalue weighted by Crippen LogP contribution is 2.41. The Morgan fingerprint density at radius 1 is 1.03 bits per heavy atom. The van der Waals surface area contributed by atoms with Gasteiger partial charge in [-0.3, -0.25) is 4.79 Å². The van der Waals surface area contributed by atoms with Gasteiger partial charge in [0.2, 0.25) is 17.6 Å². The summed E-state index contributed by atoms with van der Waals surface area (Å²) in [5.41, 5.74) is 9.58. The second-order valence-electron chi connectivity index (χ2n) is 8.90. The second kappa shape index (κ2) is 10.0. The van der Waals surface area contributed by atoms with E-state index < -0.39 is 5.91 Å². The quantitative estimate of drug-likeness (QED) is 0.458. The summed E-state index contributed by atoms with van der Waals surface area (Å²) in [4.78, 5) is 17.1. The Kier molecular flexibility index (Phi) is 7.36. The lowest BCUT2D eigenvalue weighted by Gasteiger charge is -2.16. The average molecular weight is 455 g/mol. The normalized spacial score (nSPS) is 11.3. The van der Waals surface area contributed by atoms with E-state index in [1.54, 1.807) is 21.3 Å². The van der Waals surface area contributed by atoms with E-state index in [4.69, 9.17) is 24.9 Å². The van der Waals surface area contributed by atoms with E-state index in [1.165, 1.54) is 0 Å². The van der Waals surface area contributed by atoms with Crippen molar-refractivity contribution in [3.05, 3.63) is 35.4 Å². The Hall–Kier alpha value is -3.42. The number of carbonyl (C=O) groups is 1. The van der Waals surface area contributed by atoms with Gasteiger partial charge in [0.15, 0.2) is 11.5 Å². The third-order valence-corrected chi connectivity index (χ3v) is 5.37. The number of fused-ring (bicyclic) bond motifs is 1. The Morgan fingerprint density at radius 2 is 1.67 bits per heavy atom. The van der Waals surface area contributed by atoms with Crippen LogP contribution in [0.25, 0.3) is 11.0 Å². The highest BCUT2D eigenvalue weighted by Gasteiger charge is 2.21. The minimum Gasteiger partial charge on any atom is -0.493 e. The Balaban J connectivity index is 2.21. The molecule has 0 spiro atoms. The van der Waals surface area contributed by atoms with Crippen molar-refractivity contribution >= 4 is 28.6 Å². The fourth-order valence-electron chi connectivity index (χ4n) is 4.02. The van der Waals surface area contributed by atoms with Gasteiger partial charge >= 0.3 is 0 Å². The summed E-state index contributed by atoms with van der Waals surface area (Å²) in [6, 6.07) is 7.41. The Labute approximate surface area is 195 Å². The van der Waals surface area contributed by atoms with E-state index in [9.17, 15) is 4.79 Å². The number of rotatable bonds is 10. The van der Waals surface area contributed by atoms with E-state index in [0.29, 0.717) is 47.0 Å². The lowest BCUT2D eigenvalue weighted by molar-refractivity contribution is 0.0999. The van der Waals surface area contributed by atoms with Gasteiger partial charge in [0.25, 0.3) is 0 Å². The van der Waals surface area contributed by atoms with Gasteiger partial charge in [-0.2, -0.15) is 0 Å². The first-order chi connectivity index (χ1) is 15.7. The molecule has 178 valence electrons. The standard InChI is InChI=1S/C25H34N4O4/c1-14(2)10-18-17(24(26)30)8-9-19-22(18)28-25(29(19)13-15(3)4)27-16-11-20(31-5)23(33-7)21(12-16)32-6/h8-9,11-12,14-15H,10,13H2,1-7H3,(H2,26,30)(H,27,28). The summed E-state index contributed by atoms with van der Waals surface area (Å²) in [5, 5.41) is 3.42. The number of primary amides is 1. The van der Waals surface area contributed by atoms with Crippen LogP contribution in [0.4, 0.5) is 11.6 Å². The molecule has 0 saturated carbocycles. The number of imidazole rings is 1. The summed E-state index contributed by atoms with van der Waals surface area (Å²) >= 11 is 0. The van der Waals surface area contributed by atoms with Crippen LogP contribution in [0.5, 0.6) is 17.2 Å². The number of nitrogens with zero attached hydrogens (tertiary/aromatic N) is 2. The van der Waals surface area contributed by atoms with Gasteiger partial charge < -0.3 is 29.8 Å². The first kappa shape index (κ1) is 24.2. The lowest BCUT2D eigenvalue weighted by Crippen LogP contribution is -2.15. The summed E-state index contributed by atoms with van der Waals surface area (Å²) < 4.78 is 18.6. The van der Waals surface area contributed by atoms with Crippen molar-refractivity contribution in [1.82, 2.24) is 9.55 Å². The largest absolute Gasteiger partial charge is 0.493 e. The van der Waals surface area contributed by atoms with E-state index in [0.717, 1.165) is 28.8 Å². The summed E-state index contributed by atoms with van der Waals surface area (Å²) in [6.45, 7) is 9.29. The monoisotopic (exact) mass is 454 g/mol. The van der Waals surface area contributed by atoms with Crippen LogP contribution >= 0.6 is 0 Å². The summed E-state index contributed by atoms with van der Waals surface area (Å²) in [7, 11) is 4.74. The van der Waals surface area contributed by atoms with Crippen molar-refractivity contribution in [2.45, 2.75) is 40.7 Å². The highest BCUT2D eigenvalue weighted by atomic mass is 16.5. The maximum absolute atomic E-state index is 12.1. The molecule has 8 heteroatoms. The molecular weight excluding hydrogens is 420 g/mol. The fourth-order valence-corrected chi connectivity index (χ4v) is 4.02. The third-order valence-electron chi connectivity index (χ3n) is 5.37. The molecule has 0 aliphatic heterocycles. The smallest absolute Gasteiger partial charge is 0.249 e. The second-order valence-corrected chi connectivity index (χ2v) is 8.90. The lowest BCUT2D eigenvalue weighted by atomic mass is 9.96. The topological polar surface area (TPSA) is 101 Å². The van der Waals surface area contributed by atoms with Gasteiger partial charge in [-0.05, 0) is 36.0 Å². The number of aromatic nitrogens is 2. The van der Waals surface area contributed by atoms with Crippen LogP contribution in [0.3, 0.4) is 0 Å². The zero-order valence-corrected chi connectivity index (χ0v) is 20.5. The van der Waals surface area contributed by atoms with E-state index >= 15 is 0 Å². The van der Waals surface area contributed by atoms with Crippen molar-refractivity contribution in [1.29, 1.82) is 0 Å². The van der Waals surface area contributed by atoms with Gasteiger partial charge in [0.05, 0.1) is 32.4 Å². The average Bonchev–Trinajstić information content (AvgIpc) is 3.09. The van der Waals surface area contributed by atoms with Gasteiger partial charge in [-0.15, -0.1) is 0 Å². The highest BCUT2D eigenvalue weighted by molar-refractivity contribution is 5.99. The van der Waals surface area contributed by atoms with Gasteiger partial charge in [0.1, 0.15) is 0 Å². The van der Waals surface area contributed by atoms with E-state index in [2.05, 4.69) is 37.6 Å². The van der Waals surface area contributed by atoms with Crippen LogP contribution in [-0.4, -0.2) is 36.8 Å². The minimum atomic E-state index is -0.440. The molecule has 3 rings (SSSR count). The maximum atomic E-state index is 12.1. The van der Waals surface area contributed by atoms with Crippen molar-refractivity contribution < 1.29 is 19.0 Å². The molecule has 0 unspecified atom stereocenters. The summed E-state index contributed by atoms with van der Waals surface area (Å²) in [5.74, 6) is 2.56. The zero-order chi connectivity index (χ0) is 24.3. The van der Waals surface area contributed by atoms with Crippen LogP contribution < -0.4 is 25.3 Å². The Bertz CT molecular complexity index is 1130. The van der Waals surface area contributed by atoms with E-state index in [1.807, 2.05) is 24.3 Å². The molecule has 0 radical (unpaired) electrons. The number of carbonyl (C=O) groups excluding carboxylic acids is 1. The predicted molar refractivity (Wildman–Crippen MR) is 131 cm³/mol. The van der Waals surface area contributed by atoms with Crippen LogP contribution in [-0.2, 0) is 13.0 Å². The predicted octanol–water partition coefficient (Wildman–Crippen LogP) is 4.76. The number of nitrogens with one attached hydrogen (secondary N) is 1. The molecule has 0 atom stereocenters. The number of hydrogen-bond acceptors (Lipinski definition) is 6. The number of benzene rings is 2. The van der Waals surface area contributed by atoms with Crippen LogP contribution in [0.1, 0.15) is 43.6 Å². The van der Waals surface area contributed by atoms with Gasteiger partial charge in [0, 0.05) is 29.9 Å². The fraction of sp³-hybridized carbons (Fsp3) is 0.440. The van der Waals surface area contributed by atoms with Crippen molar-refractivity contribution in [2.75, 3.05) is 26.6 Å². The molecule has 0 bridgehead atoms. The number of hydrogen-bond donors (Lipinski definition) is 2.